The third kappa shape index (κ3) is 1.31. The Balaban J connectivity index is 2.66. The van der Waals surface area contributed by atoms with Crippen LogP contribution in [0.25, 0.3) is 11.0 Å². The molecule has 0 aliphatic heterocycles. The summed E-state index contributed by atoms with van der Waals surface area (Å²) in [6.07, 6.45) is 2.81. The second-order valence-electron chi connectivity index (χ2n) is 3.20. The van der Waals surface area contributed by atoms with E-state index in [1.165, 1.54) is 0 Å². The van der Waals surface area contributed by atoms with Gasteiger partial charge in [-0.3, -0.25) is 4.98 Å². The lowest BCUT2D eigenvalue weighted by Gasteiger charge is -2.02. The van der Waals surface area contributed by atoms with Gasteiger partial charge >= 0.3 is 0 Å². The number of hydrogen-bond acceptors (Lipinski definition) is 3. The fourth-order valence-electron chi connectivity index (χ4n) is 1.30. The van der Waals surface area contributed by atoms with Crippen molar-refractivity contribution in [1.29, 1.82) is 0 Å². The van der Waals surface area contributed by atoms with Crippen LogP contribution in [-0.4, -0.2) is 10.1 Å². The summed E-state index contributed by atoms with van der Waals surface area (Å²) in [6.45, 7) is 3.67. The molecule has 0 saturated heterocycles. The highest BCUT2D eigenvalue weighted by atomic mass is 16.3. The average Bonchev–Trinajstić information content (AvgIpc) is 2.47. The lowest BCUT2D eigenvalue weighted by atomic mass is 10.1. The van der Waals surface area contributed by atoms with Gasteiger partial charge in [0.2, 0.25) is 0 Å². The largest absolute Gasteiger partial charge is 0.462 e. The molecule has 0 aliphatic carbocycles. The number of furan rings is 1. The van der Waals surface area contributed by atoms with Crippen LogP contribution in [0.1, 0.15) is 24.3 Å². The average molecular weight is 177 g/mol. The van der Waals surface area contributed by atoms with Gasteiger partial charge in [-0.15, -0.1) is 0 Å². The third-order valence-corrected chi connectivity index (χ3v) is 2.10. The van der Waals surface area contributed by atoms with Gasteiger partial charge in [-0.2, -0.15) is 0 Å². The number of pyridine rings is 1. The molecule has 13 heavy (non-hydrogen) atoms. The van der Waals surface area contributed by atoms with Crippen LogP contribution in [-0.2, 0) is 0 Å². The Morgan fingerprint density at radius 3 is 3.00 bits per heavy atom. The van der Waals surface area contributed by atoms with Crippen LogP contribution in [0.3, 0.4) is 0 Å². The summed E-state index contributed by atoms with van der Waals surface area (Å²) in [5.41, 5.74) is 2.51. The standard InChI is InChI=1S/C10H11NO2/c1-6-5-13-10-4-11-9(7(2)12)3-8(6)10/h3-5,7,12H,1-2H3. The van der Waals surface area contributed by atoms with Gasteiger partial charge in [0.05, 0.1) is 24.3 Å². The Labute approximate surface area is 76.0 Å². The van der Waals surface area contributed by atoms with E-state index in [4.69, 9.17) is 4.42 Å². The molecule has 68 valence electrons. The van der Waals surface area contributed by atoms with Crippen molar-refractivity contribution in [3.63, 3.8) is 0 Å². The van der Waals surface area contributed by atoms with Crippen molar-refractivity contribution in [1.82, 2.24) is 4.98 Å². The highest BCUT2D eigenvalue weighted by Gasteiger charge is 2.07. The maximum atomic E-state index is 9.32. The van der Waals surface area contributed by atoms with Gasteiger partial charge < -0.3 is 9.52 Å². The highest BCUT2D eigenvalue weighted by molar-refractivity contribution is 5.80. The number of fused-ring (bicyclic) bond motifs is 1. The Morgan fingerprint density at radius 1 is 1.54 bits per heavy atom. The molecule has 1 N–H and O–H groups in total. The molecule has 0 aromatic carbocycles. The molecule has 2 aromatic rings. The summed E-state index contributed by atoms with van der Waals surface area (Å²) in [6, 6.07) is 1.86. The van der Waals surface area contributed by atoms with E-state index in [1.54, 1.807) is 19.4 Å². The SMILES string of the molecule is Cc1coc2cnc(C(C)O)cc12. The van der Waals surface area contributed by atoms with Crippen LogP contribution in [0.15, 0.2) is 22.9 Å². The minimum absolute atomic E-state index is 0.529. The third-order valence-electron chi connectivity index (χ3n) is 2.10. The van der Waals surface area contributed by atoms with Crippen LogP contribution in [0.5, 0.6) is 0 Å². The molecule has 0 radical (unpaired) electrons. The van der Waals surface area contributed by atoms with Gasteiger partial charge in [-0.25, -0.2) is 0 Å². The summed E-state index contributed by atoms with van der Waals surface area (Å²) in [7, 11) is 0. The maximum Gasteiger partial charge on any atom is 0.152 e. The predicted octanol–water partition coefficient (Wildman–Crippen LogP) is 2.19. The molecule has 3 heteroatoms. The molecule has 0 saturated carbocycles. The fourth-order valence-corrected chi connectivity index (χ4v) is 1.30. The zero-order valence-corrected chi connectivity index (χ0v) is 7.61. The van der Waals surface area contributed by atoms with Crippen molar-refractivity contribution in [2.75, 3.05) is 0 Å². The molecule has 1 unspecified atom stereocenters. The van der Waals surface area contributed by atoms with E-state index in [-0.39, 0.29) is 0 Å². The van der Waals surface area contributed by atoms with Crippen molar-refractivity contribution in [3.05, 3.63) is 29.8 Å². The second-order valence-corrected chi connectivity index (χ2v) is 3.20. The van der Waals surface area contributed by atoms with Crippen LogP contribution in [0, 0.1) is 6.92 Å². The lowest BCUT2D eigenvalue weighted by Crippen LogP contribution is -1.93. The van der Waals surface area contributed by atoms with E-state index in [2.05, 4.69) is 4.98 Å². The molecule has 0 aliphatic rings. The molecule has 0 spiro atoms. The van der Waals surface area contributed by atoms with Crippen LogP contribution in [0.4, 0.5) is 0 Å². The predicted molar refractivity (Wildman–Crippen MR) is 49.4 cm³/mol. The minimum Gasteiger partial charge on any atom is -0.462 e. The smallest absolute Gasteiger partial charge is 0.152 e. The summed E-state index contributed by atoms with van der Waals surface area (Å²) in [5.74, 6) is 0. The molecular formula is C10H11NO2. The molecule has 3 nitrogen and oxygen atoms in total. The van der Waals surface area contributed by atoms with E-state index < -0.39 is 6.10 Å². The number of aliphatic hydroxyl groups excluding tert-OH is 1. The van der Waals surface area contributed by atoms with Gasteiger partial charge in [0.25, 0.3) is 0 Å². The summed E-state index contributed by atoms with van der Waals surface area (Å²) in [4.78, 5) is 4.08. The van der Waals surface area contributed by atoms with E-state index >= 15 is 0 Å². The fraction of sp³-hybridized carbons (Fsp3) is 0.300. The van der Waals surface area contributed by atoms with Crippen molar-refractivity contribution < 1.29 is 9.52 Å². The number of hydrogen-bond donors (Lipinski definition) is 1. The normalized spacial score (nSPS) is 13.5. The van der Waals surface area contributed by atoms with Gasteiger partial charge in [0.15, 0.2) is 5.58 Å². The van der Waals surface area contributed by atoms with Gasteiger partial charge in [0, 0.05) is 5.39 Å². The molecule has 2 heterocycles. The van der Waals surface area contributed by atoms with Crippen molar-refractivity contribution in [2.45, 2.75) is 20.0 Å². The number of aromatic nitrogens is 1. The zero-order valence-electron chi connectivity index (χ0n) is 7.61. The lowest BCUT2D eigenvalue weighted by molar-refractivity contribution is 0.194. The van der Waals surface area contributed by atoms with E-state index in [9.17, 15) is 5.11 Å². The molecule has 0 amide bonds. The molecule has 2 rings (SSSR count). The van der Waals surface area contributed by atoms with Crippen LogP contribution in [0.2, 0.25) is 0 Å². The number of aryl methyl sites for hydroxylation is 1. The summed E-state index contributed by atoms with van der Waals surface area (Å²) < 4.78 is 5.24. The monoisotopic (exact) mass is 177 g/mol. The minimum atomic E-state index is -0.529. The first-order chi connectivity index (χ1) is 6.18. The van der Waals surface area contributed by atoms with Gasteiger partial charge in [-0.05, 0) is 25.5 Å². The van der Waals surface area contributed by atoms with Crippen molar-refractivity contribution in [3.8, 4) is 0 Å². The number of nitrogens with zero attached hydrogens (tertiary/aromatic N) is 1. The molecule has 0 bridgehead atoms. The van der Waals surface area contributed by atoms with E-state index in [0.717, 1.165) is 16.5 Å². The van der Waals surface area contributed by atoms with Crippen LogP contribution >= 0.6 is 0 Å². The Kier molecular flexibility index (Phi) is 1.81. The number of rotatable bonds is 1. The van der Waals surface area contributed by atoms with Crippen LogP contribution < -0.4 is 0 Å². The summed E-state index contributed by atoms with van der Waals surface area (Å²) in [5, 5.41) is 10.3. The quantitative estimate of drug-likeness (QED) is 0.726. The van der Waals surface area contributed by atoms with Crippen molar-refractivity contribution in [2.24, 2.45) is 0 Å². The first kappa shape index (κ1) is 8.26. The zero-order chi connectivity index (χ0) is 9.42. The second kappa shape index (κ2) is 2.85. The maximum absolute atomic E-state index is 9.32. The topological polar surface area (TPSA) is 46.3 Å². The van der Waals surface area contributed by atoms with Gasteiger partial charge in [0.1, 0.15) is 0 Å². The molecule has 2 aromatic heterocycles. The Morgan fingerprint density at radius 2 is 2.31 bits per heavy atom. The Hall–Kier alpha value is -1.35. The molecule has 1 atom stereocenters. The molecular weight excluding hydrogens is 166 g/mol. The highest BCUT2D eigenvalue weighted by Crippen LogP contribution is 2.22. The van der Waals surface area contributed by atoms with Crippen molar-refractivity contribution >= 4 is 11.0 Å². The first-order valence-corrected chi connectivity index (χ1v) is 4.20. The van der Waals surface area contributed by atoms with E-state index in [0.29, 0.717) is 5.69 Å². The van der Waals surface area contributed by atoms with E-state index in [1.807, 2.05) is 13.0 Å². The summed E-state index contributed by atoms with van der Waals surface area (Å²) >= 11 is 0. The van der Waals surface area contributed by atoms with Gasteiger partial charge in [-0.1, -0.05) is 0 Å². The Bertz CT molecular complexity index is 431. The number of aliphatic hydroxyl groups is 1. The first-order valence-electron chi connectivity index (χ1n) is 4.20. The molecule has 0 fully saturated rings.